The summed E-state index contributed by atoms with van der Waals surface area (Å²) < 4.78 is 10.7. The van der Waals surface area contributed by atoms with Crippen molar-refractivity contribution in [2.24, 2.45) is 0 Å². The molecule has 1 aromatic heterocycles. The molecule has 6 heteroatoms. The van der Waals surface area contributed by atoms with Crippen LogP contribution in [0.3, 0.4) is 0 Å². The van der Waals surface area contributed by atoms with E-state index >= 15 is 0 Å². The number of aryl methyl sites for hydroxylation is 1. The summed E-state index contributed by atoms with van der Waals surface area (Å²) in [6.45, 7) is 7.20. The van der Waals surface area contributed by atoms with Gasteiger partial charge in [-0.15, -0.1) is 0 Å². The second kappa shape index (κ2) is 8.71. The number of methoxy groups -OCH3 is 1. The molecule has 1 aliphatic rings. The van der Waals surface area contributed by atoms with Crippen LogP contribution < -0.4 is 15.0 Å². The summed E-state index contributed by atoms with van der Waals surface area (Å²) >= 11 is 0. The topological polar surface area (TPSA) is 63.7 Å². The van der Waals surface area contributed by atoms with Crippen LogP contribution in [0.1, 0.15) is 34.6 Å². The van der Waals surface area contributed by atoms with E-state index < -0.39 is 0 Å². The fourth-order valence-electron chi connectivity index (χ4n) is 3.75. The highest BCUT2D eigenvalue weighted by molar-refractivity contribution is 5.99. The summed E-state index contributed by atoms with van der Waals surface area (Å²) in [4.78, 5) is 19.8. The molecule has 4 rings (SSSR count). The maximum absolute atomic E-state index is 12.9. The fraction of sp³-hybridized carbons (Fsp3) is 0.333. The van der Waals surface area contributed by atoms with Gasteiger partial charge in [0.25, 0.3) is 5.91 Å². The number of benzene rings is 2. The second-order valence-corrected chi connectivity index (χ2v) is 7.57. The Kier molecular flexibility index (Phi) is 5.86. The lowest BCUT2D eigenvalue weighted by molar-refractivity contribution is 0.0939. The zero-order chi connectivity index (χ0) is 21.1. The number of hydrogen-bond acceptors (Lipinski definition) is 5. The van der Waals surface area contributed by atoms with Crippen LogP contribution in [-0.4, -0.2) is 44.3 Å². The largest absolute Gasteiger partial charge is 0.497 e. The lowest BCUT2D eigenvalue weighted by Crippen LogP contribution is -2.36. The summed E-state index contributed by atoms with van der Waals surface area (Å²) in [6.07, 6.45) is 0. The second-order valence-electron chi connectivity index (χ2n) is 7.57. The first-order chi connectivity index (χ1) is 14.5. The number of carbonyl (C=O) groups is 1. The smallest absolute Gasteiger partial charge is 0.253 e. The van der Waals surface area contributed by atoms with Gasteiger partial charge < -0.3 is 19.7 Å². The number of rotatable bonds is 5. The predicted octanol–water partition coefficient (Wildman–Crippen LogP) is 3.88. The standard InChI is InChI=1S/C24H27N3O3/c1-16(18-4-7-20(8-5-18)27-10-12-30-13-11-27)26-24(28)22-14-19-6-9-21(29-3)15-23(19)25-17(22)2/h4-9,14-16H,10-13H2,1-3H3,(H,26,28)/t16-/m1/s1. The Bertz CT molecular complexity index is 1040. The van der Waals surface area contributed by atoms with Gasteiger partial charge in [-0.05, 0) is 49.7 Å². The maximum Gasteiger partial charge on any atom is 0.253 e. The number of amides is 1. The van der Waals surface area contributed by atoms with Crippen molar-refractivity contribution in [2.45, 2.75) is 19.9 Å². The molecule has 0 aliphatic carbocycles. The van der Waals surface area contributed by atoms with Gasteiger partial charge in [-0.3, -0.25) is 9.78 Å². The molecule has 0 spiro atoms. The lowest BCUT2D eigenvalue weighted by Gasteiger charge is -2.29. The van der Waals surface area contributed by atoms with E-state index in [0.29, 0.717) is 11.3 Å². The third kappa shape index (κ3) is 4.24. The van der Waals surface area contributed by atoms with Crippen molar-refractivity contribution < 1.29 is 14.3 Å². The van der Waals surface area contributed by atoms with Crippen LogP contribution >= 0.6 is 0 Å². The van der Waals surface area contributed by atoms with Crippen molar-refractivity contribution in [2.75, 3.05) is 38.3 Å². The first kappa shape index (κ1) is 20.2. The van der Waals surface area contributed by atoms with Gasteiger partial charge in [0.05, 0.1) is 43.1 Å². The molecule has 30 heavy (non-hydrogen) atoms. The molecule has 1 amide bonds. The quantitative estimate of drug-likeness (QED) is 0.698. The number of aromatic nitrogens is 1. The van der Waals surface area contributed by atoms with Gasteiger partial charge in [0.2, 0.25) is 0 Å². The summed E-state index contributed by atoms with van der Waals surface area (Å²) in [5.41, 5.74) is 4.35. The zero-order valence-electron chi connectivity index (χ0n) is 17.6. The summed E-state index contributed by atoms with van der Waals surface area (Å²) in [5.74, 6) is 0.628. The van der Waals surface area contributed by atoms with Crippen LogP contribution in [0.25, 0.3) is 10.9 Å². The number of morpholine rings is 1. The fourth-order valence-corrected chi connectivity index (χ4v) is 3.75. The van der Waals surface area contributed by atoms with Crippen molar-refractivity contribution in [3.8, 4) is 5.75 Å². The Balaban J connectivity index is 1.48. The molecular weight excluding hydrogens is 378 g/mol. The third-order valence-electron chi connectivity index (χ3n) is 5.58. The van der Waals surface area contributed by atoms with Gasteiger partial charge in [-0.2, -0.15) is 0 Å². The van der Waals surface area contributed by atoms with Gasteiger partial charge in [0, 0.05) is 30.2 Å². The molecule has 0 saturated carbocycles. The molecule has 1 N–H and O–H groups in total. The molecule has 1 aliphatic heterocycles. The number of carbonyl (C=O) groups excluding carboxylic acids is 1. The minimum Gasteiger partial charge on any atom is -0.497 e. The van der Waals surface area contributed by atoms with Crippen LogP contribution in [0, 0.1) is 6.92 Å². The Morgan fingerprint density at radius 2 is 1.87 bits per heavy atom. The molecule has 156 valence electrons. The Hall–Kier alpha value is -3.12. The first-order valence-corrected chi connectivity index (χ1v) is 10.2. The number of anilines is 1. The minimum atomic E-state index is -0.123. The highest BCUT2D eigenvalue weighted by atomic mass is 16.5. The maximum atomic E-state index is 12.9. The van der Waals surface area contributed by atoms with E-state index in [9.17, 15) is 4.79 Å². The van der Waals surface area contributed by atoms with E-state index in [0.717, 1.165) is 48.5 Å². The molecule has 0 unspecified atom stereocenters. The van der Waals surface area contributed by atoms with Crippen molar-refractivity contribution in [1.82, 2.24) is 10.3 Å². The van der Waals surface area contributed by atoms with Gasteiger partial charge in [-0.25, -0.2) is 0 Å². The number of ether oxygens (including phenoxy) is 2. The van der Waals surface area contributed by atoms with Gasteiger partial charge in [0.15, 0.2) is 0 Å². The highest BCUT2D eigenvalue weighted by Crippen LogP contribution is 2.23. The molecule has 3 aromatic rings. The molecule has 1 fully saturated rings. The Morgan fingerprint density at radius 1 is 1.13 bits per heavy atom. The third-order valence-corrected chi connectivity index (χ3v) is 5.58. The number of fused-ring (bicyclic) bond motifs is 1. The summed E-state index contributed by atoms with van der Waals surface area (Å²) in [5, 5.41) is 4.01. The van der Waals surface area contributed by atoms with E-state index in [1.54, 1.807) is 7.11 Å². The predicted molar refractivity (Wildman–Crippen MR) is 118 cm³/mol. The average molecular weight is 405 g/mol. The molecule has 0 bridgehead atoms. The van der Waals surface area contributed by atoms with Crippen LogP contribution in [0.5, 0.6) is 5.75 Å². The Morgan fingerprint density at radius 3 is 2.57 bits per heavy atom. The lowest BCUT2D eigenvalue weighted by atomic mass is 10.1. The molecule has 2 aromatic carbocycles. The number of pyridine rings is 1. The number of nitrogens with zero attached hydrogens (tertiary/aromatic N) is 2. The van der Waals surface area contributed by atoms with E-state index in [4.69, 9.17) is 9.47 Å². The van der Waals surface area contributed by atoms with Gasteiger partial charge in [0.1, 0.15) is 5.75 Å². The molecule has 2 heterocycles. The van der Waals surface area contributed by atoms with Crippen molar-refractivity contribution in [3.05, 3.63) is 65.4 Å². The van der Waals surface area contributed by atoms with Crippen LogP contribution in [0.4, 0.5) is 5.69 Å². The van der Waals surface area contributed by atoms with E-state index in [1.807, 2.05) is 38.1 Å². The number of nitrogens with one attached hydrogen (secondary N) is 1. The molecule has 1 saturated heterocycles. The monoisotopic (exact) mass is 405 g/mol. The van der Waals surface area contributed by atoms with E-state index in [-0.39, 0.29) is 11.9 Å². The SMILES string of the molecule is COc1ccc2cc(C(=O)N[C@H](C)c3ccc(N4CCOCC4)cc3)c(C)nc2c1. The molecule has 6 nitrogen and oxygen atoms in total. The van der Waals surface area contributed by atoms with Crippen LogP contribution in [-0.2, 0) is 4.74 Å². The van der Waals surface area contributed by atoms with Crippen molar-refractivity contribution in [3.63, 3.8) is 0 Å². The normalized spacial score (nSPS) is 15.1. The molecule has 1 atom stereocenters. The summed E-state index contributed by atoms with van der Waals surface area (Å²) in [6, 6.07) is 15.8. The van der Waals surface area contributed by atoms with Gasteiger partial charge >= 0.3 is 0 Å². The van der Waals surface area contributed by atoms with Crippen molar-refractivity contribution >= 4 is 22.5 Å². The Labute approximate surface area is 176 Å². The molecule has 0 radical (unpaired) electrons. The van der Waals surface area contributed by atoms with E-state index in [1.165, 1.54) is 5.69 Å². The number of hydrogen-bond donors (Lipinski definition) is 1. The van der Waals surface area contributed by atoms with E-state index in [2.05, 4.69) is 39.5 Å². The first-order valence-electron chi connectivity index (χ1n) is 10.2. The minimum absolute atomic E-state index is 0.109. The van der Waals surface area contributed by atoms with Crippen LogP contribution in [0.15, 0.2) is 48.5 Å². The summed E-state index contributed by atoms with van der Waals surface area (Å²) in [7, 11) is 1.63. The van der Waals surface area contributed by atoms with Gasteiger partial charge in [-0.1, -0.05) is 12.1 Å². The van der Waals surface area contributed by atoms with Crippen molar-refractivity contribution in [1.29, 1.82) is 0 Å². The highest BCUT2D eigenvalue weighted by Gasteiger charge is 2.16. The zero-order valence-corrected chi connectivity index (χ0v) is 17.6. The average Bonchev–Trinajstić information content (AvgIpc) is 2.78. The molecular formula is C24H27N3O3. The van der Waals surface area contributed by atoms with Crippen LogP contribution in [0.2, 0.25) is 0 Å².